The van der Waals surface area contributed by atoms with Gasteiger partial charge in [0.05, 0.1) is 13.7 Å². The Kier molecular flexibility index (Phi) is 5.09. The maximum absolute atomic E-state index is 12.8. The van der Waals surface area contributed by atoms with Crippen molar-refractivity contribution >= 4 is 11.7 Å². The molecule has 0 aromatic carbocycles. The van der Waals surface area contributed by atoms with E-state index >= 15 is 0 Å². The molecule has 1 amide bonds. The lowest BCUT2D eigenvalue weighted by Gasteiger charge is -2.22. The number of nitrogens with zero attached hydrogens (tertiary/aromatic N) is 4. The molecule has 2 fully saturated rings. The standard InChI is InChI=1S/C20H24N4O3/c1-26-19-16(6-4-10-22-19)20(25)24-13-8-15(14-24)27-17-7-5-9-21-18(17)23-11-2-3-12-23/h4-7,9-10,15H,2-3,8,11-14H2,1H3/t15-/m1/s1. The van der Waals surface area contributed by atoms with Crippen LogP contribution in [0.1, 0.15) is 29.6 Å². The summed E-state index contributed by atoms with van der Waals surface area (Å²) in [5, 5.41) is 0. The molecule has 0 spiro atoms. The molecule has 2 saturated heterocycles. The fraction of sp³-hybridized carbons (Fsp3) is 0.450. The lowest BCUT2D eigenvalue weighted by molar-refractivity contribution is 0.0768. The van der Waals surface area contributed by atoms with Crippen LogP contribution in [0.4, 0.5) is 5.82 Å². The molecule has 2 aromatic heterocycles. The summed E-state index contributed by atoms with van der Waals surface area (Å²) < 4.78 is 11.5. The maximum atomic E-state index is 12.8. The molecule has 2 aromatic rings. The van der Waals surface area contributed by atoms with Gasteiger partial charge in [0.1, 0.15) is 11.7 Å². The van der Waals surface area contributed by atoms with Crippen LogP contribution in [0.15, 0.2) is 36.7 Å². The number of amides is 1. The number of likely N-dealkylation sites (tertiary alicyclic amines) is 1. The van der Waals surface area contributed by atoms with Crippen LogP contribution in [-0.4, -0.2) is 60.2 Å². The zero-order valence-electron chi connectivity index (χ0n) is 15.5. The lowest BCUT2D eigenvalue weighted by atomic mass is 10.2. The largest absolute Gasteiger partial charge is 0.485 e. The van der Waals surface area contributed by atoms with Gasteiger partial charge in [0.25, 0.3) is 5.91 Å². The van der Waals surface area contributed by atoms with Crippen molar-refractivity contribution in [3.8, 4) is 11.6 Å². The third kappa shape index (κ3) is 3.67. The zero-order chi connectivity index (χ0) is 18.6. The maximum Gasteiger partial charge on any atom is 0.259 e. The molecule has 7 heteroatoms. The van der Waals surface area contributed by atoms with Gasteiger partial charge in [-0.1, -0.05) is 0 Å². The first-order valence-corrected chi connectivity index (χ1v) is 9.41. The fourth-order valence-corrected chi connectivity index (χ4v) is 3.72. The molecule has 2 aliphatic heterocycles. The Morgan fingerprint density at radius 1 is 1.11 bits per heavy atom. The molecule has 2 aliphatic rings. The Hall–Kier alpha value is -2.83. The fourth-order valence-electron chi connectivity index (χ4n) is 3.72. The second kappa shape index (κ2) is 7.82. The van der Waals surface area contributed by atoms with Crippen LogP contribution >= 0.6 is 0 Å². The van der Waals surface area contributed by atoms with E-state index in [2.05, 4.69) is 14.9 Å². The molecule has 0 bridgehead atoms. The van der Waals surface area contributed by atoms with Gasteiger partial charge in [0.2, 0.25) is 5.88 Å². The van der Waals surface area contributed by atoms with E-state index in [0.717, 1.165) is 31.1 Å². The topological polar surface area (TPSA) is 67.8 Å². The second-order valence-corrected chi connectivity index (χ2v) is 6.86. The highest BCUT2D eigenvalue weighted by atomic mass is 16.5. The smallest absolute Gasteiger partial charge is 0.259 e. The zero-order valence-corrected chi connectivity index (χ0v) is 15.5. The predicted molar refractivity (Wildman–Crippen MR) is 101 cm³/mol. The van der Waals surface area contributed by atoms with Crippen LogP contribution in [0.3, 0.4) is 0 Å². The van der Waals surface area contributed by atoms with Crippen LogP contribution in [-0.2, 0) is 0 Å². The number of hydrogen-bond acceptors (Lipinski definition) is 6. The van der Waals surface area contributed by atoms with Gasteiger partial charge in [-0.2, -0.15) is 0 Å². The highest BCUT2D eigenvalue weighted by Crippen LogP contribution is 2.30. The molecule has 4 heterocycles. The van der Waals surface area contributed by atoms with E-state index in [4.69, 9.17) is 9.47 Å². The summed E-state index contributed by atoms with van der Waals surface area (Å²) in [4.78, 5) is 25.5. The van der Waals surface area contributed by atoms with Gasteiger partial charge in [-0.3, -0.25) is 4.79 Å². The molecule has 0 unspecified atom stereocenters. The number of carbonyl (C=O) groups is 1. The van der Waals surface area contributed by atoms with E-state index in [0.29, 0.717) is 24.5 Å². The van der Waals surface area contributed by atoms with Crippen molar-refractivity contribution in [1.29, 1.82) is 0 Å². The summed E-state index contributed by atoms with van der Waals surface area (Å²) in [5.41, 5.74) is 0.486. The quantitative estimate of drug-likeness (QED) is 0.807. The number of carbonyl (C=O) groups excluding carboxylic acids is 1. The molecule has 4 rings (SSSR count). The first-order chi connectivity index (χ1) is 13.3. The van der Waals surface area contributed by atoms with E-state index in [1.54, 1.807) is 29.4 Å². The third-order valence-electron chi connectivity index (χ3n) is 5.08. The van der Waals surface area contributed by atoms with Gasteiger partial charge >= 0.3 is 0 Å². The van der Waals surface area contributed by atoms with Gasteiger partial charge < -0.3 is 19.3 Å². The van der Waals surface area contributed by atoms with E-state index in [1.807, 2.05) is 12.1 Å². The Balaban J connectivity index is 1.44. The minimum atomic E-state index is -0.0722. The van der Waals surface area contributed by atoms with Crippen molar-refractivity contribution in [3.63, 3.8) is 0 Å². The number of pyridine rings is 2. The van der Waals surface area contributed by atoms with E-state index in [-0.39, 0.29) is 12.0 Å². The van der Waals surface area contributed by atoms with Crippen LogP contribution in [0.5, 0.6) is 11.6 Å². The van der Waals surface area contributed by atoms with E-state index < -0.39 is 0 Å². The number of aromatic nitrogens is 2. The van der Waals surface area contributed by atoms with Gasteiger partial charge in [-0.15, -0.1) is 0 Å². The number of hydrogen-bond donors (Lipinski definition) is 0. The van der Waals surface area contributed by atoms with Gasteiger partial charge in [0.15, 0.2) is 11.6 Å². The van der Waals surface area contributed by atoms with Gasteiger partial charge in [0, 0.05) is 38.4 Å². The molecule has 7 nitrogen and oxygen atoms in total. The number of methoxy groups -OCH3 is 1. The summed E-state index contributed by atoms with van der Waals surface area (Å²) in [5.74, 6) is 2.00. The molecule has 1 atom stereocenters. The number of ether oxygens (including phenoxy) is 2. The monoisotopic (exact) mass is 368 g/mol. The molecule has 142 valence electrons. The Bertz CT molecular complexity index is 807. The van der Waals surface area contributed by atoms with Crippen LogP contribution in [0, 0.1) is 0 Å². The van der Waals surface area contributed by atoms with E-state index in [9.17, 15) is 4.79 Å². The van der Waals surface area contributed by atoms with Crippen molar-refractivity contribution in [2.45, 2.75) is 25.4 Å². The van der Waals surface area contributed by atoms with Gasteiger partial charge in [-0.25, -0.2) is 9.97 Å². The van der Waals surface area contributed by atoms with Crippen molar-refractivity contribution < 1.29 is 14.3 Å². The Labute approximate surface area is 158 Å². The van der Waals surface area contributed by atoms with Crippen LogP contribution < -0.4 is 14.4 Å². The Morgan fingerprint density at radius 2 is 1.89 bits per heavy atom. The highest BCUT2D eigenvalue weighted by Gasteiger charge is 2.31. The van der Waals surface area contributed by atoms with Crippen molar-refractivity contribution in [2.75, 3.05) is 38.2 Å². The van der Waals surface area contributed by atoms with Crippen molar-refractivity contribution in [2.24, 2.45) is 0 Å². The molecule has 0 saturated carbocycles. The average Bonchev–Trinajstić information content (AvgIpc) is 3.40. The number of anilines is 1. The first-order valence-electron chi connectivity index (χ1n) is 9.41. The predicted octanol–water partition coefficient (Wildman–Crippen LogP) is 2.38. The van der Waals surface area contributed by atoms with Crippen molar-refractivity contribution in [3.05, 3.63) is 42.2 Å². The number of rotatable bonds is 5. The molecule has 0 N–H and O–H groups in total. The minimum absolute atomic E-state index is 0.0397. The normalized spacial score (nSPS) is 19.4. The molecule has 0 aliphatic carbocycles. The third-order valence-corrected chi connectivity index (χ3v) is 5.08. The van der Waals surface area contributed by atoms with Crippen molar-refractivity contribution in [1.82, 2.24) is 14.9 Å². The summed E-state index contributed by atoms with van der Waals surface area (Å²) in [7, 11) is 1.53. The van der Waals surface area contributed by atoms with Crippen LogP contribution in [0.2, 0.25) is 0 Å². The summed E-state index contributed by atoms with van der Waals surface area (Å²) >= 11 is 0. The summed E-state index contributed by atoms with van der Waals surface area (Å²) in [6.07, 6.45) is 6.56. The lowest BCUT2D eigenvalue weighted by Crippen LogP contribution is -2.31. The SMILES string of the molecule is COc1ncccc1C(=O)N1CC[C@@H](Oc2cccnc2N2CCCC2)C1. The van der Waals surface area contributed by atoms with Crippen LogP contribution in [0.25, 0.3) is 0 Å². The highest BCUT2D eigenvalue weighted by molar-refractivity contribution is 5.96. The minimum Gasteiger partial charge on any atom is -0.485 e. The summed E-state index contributed by atoms with van der Waals surface area (Å²) in [6.45, 7) is 3.24. The van der Waals surface area contributed by atoms with Gasteiger partial charge in [-0.05, 0) is 37.1 Å². The Morgan fingerprint density at radius 3 is 2.70 bits per heavy atom. The van der Waals surface area contributed by atoms with E-state index in [1.165, 1.54) is 20.0 Å². The average molecular weight is 368 g/mol. The summed E-state index contributed by atoms with van der Waals surface area (Å²) in [6, 6.07) is 7.36. The first kappa shape index (κ1) is 17.6. The second-order valence-electron chi connectivity index (χ2n) is 6.86. The molecular weight excluding hydrogens is 344 g/mol. The molecule has 27 heavy (non-hydrogen) atoms. The molecule has 0 radical (unpaired) electrons. The molecular formula is C20H24N4O3.